The van der Waals surface area contributed by atoms with Gasteiger partial charge in [0, 0.05) is 17.0 Å². The number of nitrogens with two attached hydrogens (primary N) is 1. The maximum atomic E-state index is 13.0. The molecular formula is C20H23N3O3S2. The van der Waals surface area contributed by atoms with Gasteiger partial charge in [0.2, 0.25) is 0 Å². The first-order valence-corrected chi connectivity index (χ1v) is 12.1. The minimum atomic E-state index is -3.28. The van der Waals surface area contributed by atoms with E-state index in [0.717, 1.165) is 61.1 Å². The predicted octanol–water partition coefficient (Wildman–Crippen LogP) is 3.73. The molecule has 28 heavy (non-hydrogen) atoms. The molecule has 3 N–H and O–H groups in total. The van der Waals surface area contributed by atoms with Crippen LogP contribution in [0.25, 0.3) is 0 Å². The van der Waals surface area contributed by atoms with Crippen molar-refractivity contribution in [1.29, 1.82) is 0 Å². The Labute approximate surface area is 168 Å². The molecule has 2 amide bonds. The third kappa shape index (κ3) is 3.18. The van der Waals surface area contributed by atoms with Gasteiger partial charge in [0.15, 0.2) is 9.92 Å². The maximum absolute atomic E-state index is 13.0. The number of fused-ring (bicyclic) bond motifs is 3. The molecule has 2 aromatic rings. The summed E-state index contributed by atoms with van der Waals surface area (Å²) in [6, 6.07) is 3.46. The summed E-state index contributed by atoms with van der Waals surface area (Å²) in [4.78, 5) is 13.8. The summed E-state index contributed by atoms with van der Waals surface area (Å²) < 4.78 is 22.8. The van der Waals surface area contributed by atoms with E-state index in [2.05, 4.69) is 15.7 Å². The van der Waals surface area contributed by atoms with E-state index in [-0.39, 0.29) is 0 Å². The average molecular weight is 418 g/mol. The number of hydrogen-bond donors (Lipinski definition) is 2. The molecule has 0 fully saturated rings. The minimum Gasteiger partial charge on any atom is -0.376 e. The monoisotopic (exact) mass is 417 g/mol. The molecule has 1 aromatic heterocycles. The Balaban J connectivity index is 1.46. The lowest BCUT2D eigenvalue weighted by Gasteiger charge is -2.15. The summed E-state index contributed by atoms with van der Waals surface area (Å²) in [5.41, 5.74) is 6.99. The van der Waals surface area contributed by atoms with Crippen molar-refractivity contribution in [3.63, 3.8) is 0 Å². The summed E-state index contributed by atoms with van der Waals surface area (Å²) in [6.45, 7) is 1.15. The molecule has 6 nitrogen and oxygen atoms in total. The molecule has 0 unspecified atom stereocenters. The fourth-order valence-electron chi connectivity index (χ4n) is 4.53. The van der Waals surface area contributed by atoms with Crippen molar-refractivity contribution in [2.45, 2.75) is 55.8 Å². The molecule has 1 aromatic carbocycles. The van der Waals surface area contributed by atoms with E-state index in [0.29, 0.717) is 17.4 Å². The molecule has 2 heterocycles. The summed E-state index contributed by atoms with van der Waals surface area (Å²) in [7, 11) is -3.28. The van der Waals surface area contributed by atoms with Gasteiger partial charge in [-0.25, -0.2) is 14.1 Å². The summed E-state index contributed by atoms with van der Waals surface area (Å²) in [5, 5.41) is 8.95. The Morgan fingerprint density at radius 3 is 2.46 bits per heavy atom. The van der Waals surface area contributed by atoms with Crippen molar-refractivity contribution in [3.05, 3.63) is 44.8 Å². The third-order valence-corrected chi connectivity index (χ3v) is 8.95. The lowest BCUT2D eigenvalue weighted by atomic mass is 9.99. The number of carbonyl (C=O) groups is 1. The Bertz CT molecular complexity index is 1040. The lowest BCUT2D eigenvalue weighted by molar-refractivity contribution is 0.112. The number of anilines is 1. The van der Waals surface area contributed by atoms with E-state index < -0.39 is 15.9 Å². The number of aryl methyl sites for hydroxylation is 2. The van der Waals surface area contributed by atoms with Crippen molar-refractivity contribution in [2.24, 2.45) is 9.50 Å². The van der Waals surface area contributed by atoms with Gasteiger partial charge < -0.3 is 10.1 Å². The van der Waals surface area contributed by atoms with Gasteiger partial charge in [-0.1, -0.05) is 6.07 Å². The fraction of sp³-hybridized carbons (Fsp3) is 0.450. The van der Waals surface area contributed by atoms with Gasteiger partial charge in [-0.2, -0.15) is 0 Å². The van der Waals surface area contributed by atoms with Crippen molar-refractivity contribution in [1.82, 2.24) is 0 Å². The molecule has 0 saturated heterocycles. The first kappa shape index (κ1) is 18.3. The van der Waals surface area contributed by atoms with Crippen LogP contribution in [0.2, 0.25) is 0 Å². The Morgan fingerprint density at radius 1 is 1.07 bits per heavy atom. The largest absolute Gasteiger partial charge is 0.376 e. The number of nitrogens with one attached hydrogen (secondary N) is 1. The smallest absolute Gasteiger partial charge is 0.354 e. The van der Waals surface area contributed by atoms with Crippen molar-refractivity contribution in [2.75, 3.05) is 11.9 Å². The zero-order chi connectivity index (χ0) is 19.3. The number of urea groups is 1. The number of ether oxygens (including phenoxy) is 1. The molecule has 0 radical (unpaired) electrons. The molecule has 5 rings (SSSR count). The number of benzene rings is 1. The summed E-state index contributed by atoms with van der Waals surface area (Å²) in [5.74, 6) is 0. The average Bonchev–Trinajstić information content (AvgIpc) is 3.39. The fourth-order valence-corrected chi connectivity index (χ4v) is 6.99. The van der Waals surface area contributed by atoms with Crippen LogP contribution in [0.15, 0.2) is 20.7 Å². The molecule has 1 aliphatic heterocycles. The van der Waals surface area contributed by atoms with Crippen molar-refractivity contribution in [3.8, 4) is 0 Å². The van der Waals surface area contributed by atoms with Gasteiger partial charge in [0.25, 0.3) is 0 Å². The highest BCUT2D eigenvalue weighted by atomic mass is 32.2. The molecule has 0 saturated carbocycles. The van der Waals surface area contributed by atoms with E-state index in [1.165, 1.54) is 33.6 Å². The predicted molar refractivity (Wildman–Crippen MR) is 110 cm³/mol. The van der Waals surface area contributed by atoms with Gasteiger partial charge in [-0.05, 0) is 72.4 Å². The van der Waals surface area contributed by atoms with E-state index in [4.69, 9.17) is 9.88 Å². The molecular weight excluding hydrogens is 394 g/mol. The van der Waals surface area contributed by atoms with Crippen LogP contribution in [0.1, 0.15) is 45.5 Å². The minimum absolute atomic E-state index is 0.446. The highest BCUT2D eigenvalue weighted by Gasteiger charge is 2.26. The van der Waals surface area contributed by atoms with Crippen molar-refractivity contribution < 1.29 is 13.7 Å². The topological polar surface area (TPSA) is 93.8 Å². The van der Waals surface area contributed by atoms with Crippen LogP contribution in [-0.4, -0.2) is 16.8 Å². The van der Waals surface area contributed by atoms with E-state index in [1.54, 1.807) is 6.07 Å². The Morgan fingerprint density at radius 2 is 1.79 bits per heavy atom. The number of nitrogens with zero attached hydrogens (tertiary/aromatic N) is 1. The molecule has 148 valence electrons. The molecule has 0 bridgehead atoms. The van der Waals surface area contributed by atoms with Gasteiger partial charge >= 0.3 is 6.03 Å². The number of amides is 2. The van der Waals surface area contributed by atoms with Crippen LogP contribution in [0, 0.1) is 0 Å². The number of hydrogen-bond acceptors (Lipinski definition) is 4. The van der Waals surface area contributed by atoms with Crippen LogP contribution in [-0.2, 0) is 53.4 Å². The molecule has 8 heteroatoms. The van der Waals surface area contributed by atoms with E-state index >= 15 is 0 Å². The zero-order valence-corrected chi connectivity index (χ0v) is 17.2. The third-order valence-electron chi connectivity index (χ3n) is 5.82. The highest BCUT2D eigenvalue weighted by molar-refractivity contribution is 7.93. The number of rotatable bonds is 2. The van der Waals surface area contributed by atoms with Crippen LogP contribution < -0.4 is 10.5 Å². The second-order valence-electron chi connectivity index (χ2n) is 7.64. The molecule has 3 aliphatic rings. The normalized spacial score (nSPS) is 19.5. The first-order valence-electron chi connectivity index (χ1n) is 9.73. The van der Waals surface area contributed by atoms with Gasteiger partial charge in [0.05, 0.1) is 13.2 Å². The Hall–Kier alpha value is -1.74. The van der Waals surface area contributed by atoms with Gasteiger partial charge in [-0.3, -0.25) is 0 Å². The number of thiophene rings is 1. The maximum Gasteiger partial charge on any atom is 0.354 e. The molecule has 2 aliphatic carbocycles. The van der Waals surface area contributed by atoms with E-state index in [1.807, 2.05) is 0 Å². The molecule has 0 spiro atoms. The lowest BCUT2D eigenvalue weighted by Crippen LogP contribution is -2.18. The van der Waals surface area contributed by atoms with Gasteiger partial charge in [-0.15, -0.1) is 15.7 Å². The second-order valence-corrected chi connectivity index (χ2v) is 10.8. The SMILES string of the molecule is N[S@@](=O)(=NC(=O)Nc1c2c(cc3c1CCC3)CCC2)c1cc2c(s1)CCOC2. The van der Waals surface area contributed by atoms with Crippen molar-refractivity contribution >= 4 is 33.0 Å². The quantitative estimate of drug-likeness (QED) is 0.779. The van der Waals surface area contributed by atoms with Crippen LogP contribution in [0.5, 0.6) is 0 Å². The second kappa shape index (κ2) is 6.95. The number of carbonyl (C=O) groups excluding carboxylic acids is 1. The summed E-state index contributed by atoms with van der Waals surface area (Å²) >= 11 is 1.38. The van der Waals surface area contributed by atoms with Crippen LogP contribution in [0.3, 0.4) is 0 Å². The standard InChI is InChI=1S/C20H23N3O3S2/c21-28(25,18-10-14-11-26-8-7-17(14)27-18)23-20(24)22-19-15-5-1-3-12(15)9-13-4-2-6-16(13)19/h9-10H,1-8,11H2,(H3,21,22,23,24,25)/t28-/m1/s1. The zero-order valence-electron chi connectivity index (χ0n) is 15.6. The van der Waals surface area contributed by atoms with Gasteiger partial charge in [0.1, 0.15) is 4.21 Å². The van der Waals surface area contributed by atoms with Crippen LogP contribution >= 0.6 is 11.3 Å². The first-order chi connectivity index (χ1) is 13.5. The highest BCUT2D eigenvalue weighted by Crippen LogP contribution is 2.38. The summed E-state index contributed by atoms with van der Waals surface area (Å²) in [6.07, 6.45) is 7.04. The van der Waals surface area contributed by atoms with E-state index in [9.17, 15) is 9.00 Å². The Kier molecular flexibility index (Phi) is 4.54. The molecule has 1 atom stereocenters. The van der Waals surface area contributed by atoms with Crippen LogP contribution in [0.4, 0.5) is 10.5 Å².